The molecule has 25 heavy (non-hydrogen) atoms. The van der Waals surface area contributed by atoms with Crippen LogP contribution in [0.4, 0.5) is 0 Å². The molecule has 0 saturated heterocycles. The molecular weight excluding hydrogens is 429 g/mol. The first kappa shape index (κ1) is 17.5. The Bertz CT molecular complexity index is 804. The second kappa shape index (κ2) is 8.15. The molecule has 1 heterocycles. The molecule has 0 aliphatic heterocycles. The van der Waals surface area contributed by atoms with Crippen LogP contribution in [0.2, 0.25) is 0 Å². The maximum atomic E-state index is 12.6. The van der Waals surface area contributed by atoms with Gasteiger partial charge in [0.05, 0.1) is 0 Å². The van der Waals surface area contributed by atoms with Crippen molar-refractivity contribution in [1.82, 2.24) is 15.3 Å². The van der Waals surface area contributed by atoms with Gasteiger partial charge in [0, 0.05) is 21.5 Å². The standard InChI is InChI=1S/C19H18IN3O2/c1-13(25-16-5-3-2-4-6-16)17(18-21-11-12-22-18)23-19(24)14-7-9-15(20)10-8-14/h2-13,17H,1H3,(H,21,22)(H,23,24). The van der Waals surface area contributed by atoms with Crippen molar-refractivity contribution in [3.8, 4) is 5.75 Å². The van der Waals surface area contributed by atoms with E-state index in [0.717, 1.165) is 9.32 Å². The Balaban J connectivity index is 1.78. The molecule has 0 saturated carbocycles. The molecule has 3 aromatic rings. The van der Waals surface area contributed by atoms with Gasteiger partial charge in [0.25, 0.3) is 5.91 Å². The van der Waals surface area contributed by atoms with E-state index in [2.05, 4.69) is 37.9 Å². The Morgan fingerprint density at radius 3 is 2.52 bits per heavy atom. The number of aromatic nitrogens is 2. The number of nitrogens with zero attached hydrogens (tertiary/aromatic N) is 1. The number of carbonyl (C=O) groups excluding carboxylic acids is 1. The number of benzene rings is 2. The first-order valence-corrected chi connectivity index (χ1v) is 8.99. The van der Waals surface area contributed by atoms with E-state index in [4.69, 9.17) is 4.74 Å². The molecule has 0 aliphatic rings. The SMILES string of the molecule is CC(Oc1ccccc1)C(NC(=O)c1ccc(I)cc1)c1ncc[nH]1. The summed E-state index contributed by atoms with van der Waals surface area (Å²) in [5.41, 5.74) is 0.601. The number of ether oxygens (including phenoxy) is 1. The van der Waals surface area contributed by atoms with E-state index >= 15 is 0 Å². The highest BCUT2D eigenvalue weighted by Crippen LogP contribution is 2.20. The van der Waals surface area contributed by atoms with Gasteiger partial charge in [-0.15, -0.1) is 0 Å². The van der Waals surface area contributed by atoms with Gasteiger partial charge >= 0.3 is 0 Å². The highest BCUT2D eigenvalue weighted by atomic mass is 127. The van der Waals surface area contributed by atoms with E-state index in [1.165, 1.54) is 0 Å². The van der Waals surface area contributed by atoms with Gasteiger partial charge in [-0.25, -0.2) is 4.98 Å². The van der Waals surface area contributed by atoms with Gasteiger partial charge in [0.2, 0.25) is 0 Å². The lowest BCUT2D eigenvalue weighted by atomic mass is 10.1. The van der Waals surface area contributed by atoms with E-state index in [9.17, 15) is 4.79 Å². The largest absolute Gasteiger partial charge is 0.488 e. The smallest absolute Gasteiger partial charge is 0.251 e. The van der Waals surface area contributed by atoms with Crippen LogP contribution in [-0.4, -0.2) is 22.0 Å². The fourth-order valence-corrected chi connectivity index (χ4v) is 2.82. The van der Waals surface area contributed by atoms with Crippen LogP contribution in [0.25, 0.3) is 0 Å². The van der Waals surface area contributed by atoms with Crippen LogP contribution in [-0.2, 0) is 0 Å². The number of H-pyrrole nitrogens is 1. The zero-order chi connectivity index (χ0) is 17.6. The third-order valence-corrected chi connectivity index (χ3v) is 4.46. The fourth-order valence-electron chi connectivity index (χ4n) is 2.46. The molecule has 1 aromatic heterocycles. The zero-order valence-corrected chi connectivity index (χ0v) is 15.8. The van der Waals surface area contributed by atoms with Gasteiger partial charge in [-0.1, -0.05) is 18.2 Å². The molecule has 2 aromatic carbocycles. The van der Waals surface area contributed by atoms with Crippen molar-refractivity contribution >= 4 is 28.5 Å². The maximum absolute atomic E-state index is 12.6. The topological polar surface area (TPSA) is 67.0 Å². The summed E-state index contributed by atoms with van der Waals surface area (Å²) in [4.78, 5) is 20.0. The van der Waals surface area contributed by atoms with Crippen molar-refractivity contribution in [3.63, 3.8) is 0 Å². The Labute approximate surface area is 160 Å². The summed E-state index contributed by atoms with van der Waals surface area (Å²) < 4.78 is 7.06. The van der Waals surface area contributed by atoms with Gasteiger partial charge in [-0.3, -0.25) is 4.79 Å². The van der Waals surface area contributed by atoms with Gasteiger partial charge in [-0.2, -0.15) is 0 Å². The molecule has 2 atom stereocenters. The van der Waals surface area contributed by atoms with E-state index < -0.39 is 6.04 Å². The van der Waals surface area contributed by atoms with Crippen molar-refractivity contribution in [1.29, 1.82) is 0 Å². The number of para-hydroxylation sites is 1. The molecule has 2 unspecified atom stereocenters. The summed E-state index contributed by atoms with van der Waals surface area (Å²) >= 11 is 2.21. The van der Waals surface area contributed by atoms with E-state index in [0.29, 0.717) is 11.4 Å². The first-order chi connectivity index (χ1) is 12.1. The van der Waals surface area contributed by atoms with Crippen LogP contribution in [0, 0.1) is 3.57 Å². The molecule has 128 valence electrons. The minimum atomic E-state index is -0.401. The average molecular weight is 447 g/mol. The van der Waals surface area contributed by atoms with Crippen LogP contribution in [0.3, 0.4) is 0 Å². The summed E-state index contributed by atoms with van der Waals surface area (Å²) in [6, 6.07) is 16.5. The second-order valence-corrected chi connectivity index (χ2v) is 6.81. The second-order valence-electron chi connectivity index (χ2n) is 5.57. The summed E-state index contributed by atoms with van der Waals surface area (Å²) in [5, 5.41) is 3.02. The normalized spacial score (nSPS) is 13.0. The van der Waals surface area contributed by atoms with Crippen molar-refractivity contribution in [2.45, 2.75) is 19.1 Å². The molecule has 0 spiro atoms. The van der Waals surface area contributed by atoms with Gasteiger partial charge in [0.1, 0.15) is 23.7 Å². The Kier molecular flexibility index (Phi) is 5.70. The molecule has 0 radical (unpaired) electrons. The predicted octanol–water partition coefficient (Wildman–Crippen LogP) is 3.95. The molecule has 1 amide bonds. The number of rotatable bonds is 6. The van der Waals surface area contributed by atoms with Crippen LogP contribution in [0.15, 0.2) is 67.0 Å². The molecule has 2 N–H and O–H groups in total. The van der Waals surface area contributed by atoms with Crippen LogP contribution < -0.4 is 10.1 Å². The monoisotopic (exact) mass is 447 g/mol. The number of carbonyl (C=O) groups is 1. The predicted molar refractivity (Wildman–Crippen MR) is 104 cm³/mol. The van der Waals surface area contributed by atoms with Crippen LogP contribution in [0.1, 0.15) is 29.1 Å². The highest BCUT2D eigenvalue weighted by molar-refractivity contribution is 14.1. The summed E-state index contributed by atoms with van der Waals surface area (Å²) in [5.74, 6) is 1.23. The third-order valence-electron chi connectivity index (χ3n) is 3.74. The number of hydrogen-bond acceptors (Lipinski definition) is 3. The number of aromatic amines is 1. The number of halogens is 1. The molecule has 0 bridgehead atoms. The van der Waals surface area contributed by atoms with Crippen molar-refractivity contribution in [2.24, 2.45) is 0 Å². The first-order valence-electron chi connectivity index (χ1n) is 7.91. The number of hydrogen-bond donors (Lipinski definition) is 2. The minimum Gasteiger partial charge on any atom is -0.488 e. The van der Waals surface area contributed by atoms with Crippen LogP contribution in [0.5, 0.6) is 5.75 Å². The van der Waals surface area contributed by atoms with E-state index in [1.807, 2.05) is 49.4 Å². The fraction of sp³-hybridized carbons (Fsp3) is 0.158. The number of amides is 1. The third kappa shape index (κ3) is 4.60. The highest BCUT2D eigenvalue weighted by Gasteiger charge is 2.25. The molecular formula is C19H18IN3O2. The van der Waals surface area contributed by atoms with Gasteiger partial charge in [-0.05, 0) is 65.9 Å². The summed E-state index contributed by atoms with van der Waals surface area (Å²) in [7, 11) is 0. The minimum absolute atomic E-state index is 0.165. The summed E-state index contributed by atoms with van der Waals surface area (Å²) in [6.07, 6.45) is 3.09. The Morgan fingerprint density at radius 1 is 1.16 bits per heavy atom. The Hall–Kier alpha value is -2.35. The van der Waals surface area contributed by atoms with Crippen molar-refractivity contribution < 1.29 is 9.53 Å². The molecule has 5 nitrogen and oxygen atoms in total. The van der Waals surface area contributed by atoms with Crippen LogP contribution >= 0.6 is 22.6 Å². The lowest BCUT2D eigenvalue weighted by molar-refractivity contribution is 0.0877. The quantitative estimate of drug-likeness (QED) is 0.563. The maximum Gasteiger partial charge on any atom is 0.251 e. The summed E-state index contributed by atoms with van der Waals surface area (Å²) in [6.45, 7) is 1.91. The molecule has 0 fully saturated rings. The lowest BCUT2D eigenvalue weighted by Gasteiger charge is -2.24. The van der Waals surface area contributed by atoms with Crippen molar-refractivity contribution in [2.75, 3.05) is 0 Å². The van der Waals surface area contributed by atoms with E-state index in [-0.39, 0.29) is 12.0 Å². The Morgan fingerprint density at radius 2 is 1.88 bits per heavy atom. The zero-order valence-electron chi connectivity index (χ0n) is 13.6. The number of nitrogens with one attached hydrogen (secondary N) is 2. The molecule has 3 rings (SSSR count). The van der Waals surface area contributed by atoms with Gasteiger partial charge in [0.15, 0.2) is 0 Å². The van der Waals surface area contributed by atoms with Crippen molar-refractivity contribution in [3.05, 3.63) is 81.9 Å². The number of imidazole rings is 1. The lowest BCUT2D eigenvalue weighted by Crippen LogP contribution is -2.38. The molecule has 0 aliphatic carbocycles. The van der Waals surface area contributed by atoms with E-state index in [1.54, 1.807) is 24.5 Å². The molecule has 6 heteroatoms. The average Bonchev–Trinajstić information content (AvgIpc) is 3.15. The van der Waals surface area contributed by atoms with Gasteiger partial charge < -0.3 is 15.0 Å².